The van der Waals surface area contributed by atoms with E-state index in [1.165, 1.54) is 23.4 Å². The van der Waals surface area contributed by atoms with Gasteiger partial charge in [-0.15, -0.1) is 5.10 Å². The molecular weight excluding hydrogens is 429 g/mol. The molecule has 2 aliphatic heterocycles. The Bertz CT molecular complexity index is 1200. The van der Waals surface area contributed by atoms with Gasteiger partial charge in [0.05, 0.1) is 30.8 Å². The summed E-state index contributed by atoms with van der Waals surface area (Å²) in [5.41, 5.74) is 0.746. The third-order valence-corrected chi connectivity index (χ3v) is 6.12. The van der Waals surface area contributed by atoms with Crippen LogP contribution in [0, 0.1) is 5.82 Å². The van der Waals surface area contributed by atoms with Gasteiger partial charge < -0.3 is 9.64 Å². The molecule has 12 nitrogen and oxygen atoms in total. The monoisotopic (exact) mass is 449 g/mol. The first kappa shape index (κ1) is 19.6. The molecule has 13 heteroatoms. The number of piperidine rings is 1. The van der Waals surface area contributed by atoms with E-state index in [-0.39, 0.29) is 6.04 Å². The van der Waals surface area contributed by atoms with Gasteiger partial charge in [0.2, 0.25) is 5.95 Å². The van der Waals surface area contributed by atoms with Crippen molar-refractivity contribution in [3.8, 4) is 11.6 Å². The molecule has 0 unspecified atom stereocenters. The third kappa shape index (κ3) is 3.85. The molecule has 0 radical (unpaired) electrons. The van der Waals surface area contributed by atoms with Crippen LogP contribution in [0.3, 0.4) is 0 Å². The van der Waals surface area contributed by atoms with Gasteiger partial charge in [0.15, 0.2) is 11.6 Å². The number of nitrogens with zero attached hydrogens (tertiary/aromatic N) is 11. The van der Waals surface area contributed by atoms with Crippen LogP contribution in [0.2, 0.25) is 0 Å². The van der Waals surface area contributed by atoms with E-state index in [2.05, 4.69) is 45.6 Å². The van der Waals surface area contributed by atoms with Crippen LogP contribution in [0.15, 0.2) is 43.2 Å². The Morgan fingerprint density at radius 1 is 0.970 bits per heavy atom. The number of rotatable bonds is 6. The van der Waals surface area contributed by atoms with Crippen molar-refractivity contribution in [3.63, 3.8) is 0 Å². The molecule has 2 bridgehead atoms. The molecule has 2 aliphatic rings. The normalized spacial score (nSPS) is 22.0. The fourth-order valence-electron chi connectivity index (χ4n) is 4.67. The lowest BCUT2D eigenvalue weighted by molar-refractivity contribution is 0.275. The molecule has 168 valence electrons. The summed E-state index contributed by atoms with van der Waals surface area (Å²) in [6.45, 7) is 0.293. The van der Waals surface area contributed by atoms with Crippen LogP contribution in [0.25, 0.3) is 5.82 Å². The Hall–Kier alpha value is -4.03. The van der Waals surface area contributed by atoms with Crippen LogP contribution in [0.1, 0.15) is 37.4 Å². The highest BCUT2D eigenvalue weighted by Crippen LogP contribution is 2.41. The van der Waals surface area contributed by atoms with E-state index in [0.717, 1.165) is 31.4 Å². The number of hydrogen-bond donors (Lipinski definition) is 0. The van der Waals surface area contributed by atoms with Gasteiger partial charge in [0.1, 0.15) is 24.4 Å². The second-order valence-electron chi connectivity index (χ2n) is 8.17. The highest BCUT2D eigenvalue weighted by molar-refractivity contribution is 5.36. The van der Waals surface area contributed by atoms with Crippen LogP contribution in [0.5, 0.6) is 5.75 Å². The van der Waals surface area contributed by atoms with Gasteiger partial charge >= 0.3 is 0 Å². The summed E-state index contributed by atoms with van der Waals surface area (Å²) in [4.78, 5) is 16.7. The topological polar surface area (TPSA) is 125 Å². The number of hydrogen-bond acceptors (Lipinski definition) is 10. The molecule has 2 fully saturated rings. The maximum atomic E-state index is 13.2. The molecule has 0 N–H and O–H groups in total. The van der Waals surface area contributed by atoms with Crippen molar-refractivity contribution >= 4 is 5.95 Å². The smallest absolute Gasteiger partial charge is 0.225 e. The Labute approximate surface area is 187 Å². The van der Waals surface area contributed by atoms with Gasteiger partial charge in [-0.1, -0.05) is 0 Å². The first-order chi connectivity index (χ1) is 16.2. The minimum absolute atomic E-state index is 0.199. The fourth-order valence-corrected chi connectivity index (χ4v) is 4.67. The second kappa shape index (κ2) is 8.15. The third-order valence-electron chi connectivity index (χ3n) is 6.12. The summed E-state index contributed by atoms with van der Waals surface area (Å²) in [6, 6.07) is 4.38. The zero-order chi connectivity index (χ0) is 22.2. The maximum Gasteiger partial charge on any atom is 0.225 e. The van der Waals surface area contributed by atoms with E-state index in [1.54, 1.807) is 29.3 Å². The summed E-state index contributed by atoms with van der Waals surface area (Å²) in [5.74, 6) is 1.40. The molecule has 6 rings (SSSR count). The van der Waals surface area contributed by atoms with E-state index < -0.39 is 5.82 Å². The lowest BCUT2D eigenvalue weighted by atomic mass is 9.98. The maximum absolute atomic E-state index is 13.2. The van der Waals surface area contributed by atoms with Gasteiger partial charge in [-0.3, -0.25) is 0 Å². The Kier molecular flexibility index (Phi) is 4.85. The van der Waals surface area contributed by atoms with Crippen molar-refractivity contribution in [2.75, 3.05) is 4.90 Å². The minimum Gasteiger partial charge on any atom is -0.486 e. The summed E-state index contributed by atoms with van der Waals surface area (Å²) in [7, 11) is 0. The number of fused-ring (bicyclic) bond motifs is 2. The highest BCUT2D eigenvalue weighted by atomic mass is 19.1. The van der Waals surface area contributed by atoms with Crippen molar-refractivity contribution < 1.29 is 9.13 Å². The largest absolute Gasteiger partial charge is 0.486 e. The standard InChI is InChI=1S/C20H20FN11O/c21-13-7-23-20(24-8-13)31-15-1-2-16(31)6-17(5-15)32-26-9-14(27-32)11-33-18-3-4-19(22-10-18)30-12-25-28-29-30/h3-4,7-10,12,15-17H,1-2,5-6,11H2/t15-,16+,17+. The molecule has 0 aromatic carbocycles. The first-order valence-corrected chi connectivity index (χ1v) is 10.7. The van der Waals surface area contributed by atoms with Gasteiger partial charge in [0.25, 0.3) is 0 Å². The molecule has 2 saturated heterocycles. The number of aromatic nitrogens is 10. The predicted octanol–water partition coefficient (Wildman–Crippen LogP) is 1.53. The lowest BCUT2D eigenvalue weighted by Gasteiger charge is -2.38. The van der Waals surface area contributed by atoms with Crippen molar-refractivity contribution in [2.45, 2.75) is 50.4 Å². The van der Waals surface area contributed by atoms with E-state index in [9.17, 15) is 4.39 Å². The van der Waals surface area contributed by atoms with Crippen molar-refractivity contribution in [1.82, 2.24) is 50.2 Å². The Balaban J connectivity index is 1.08. The zero-order valence-corrected chi connectivity index (χ0v) is 17.5. The van der Waals surface area contributed by atoms with Crippen molar-refractivity contribution in [2.24, 2.45) is 0 Å². The molecule has 4 aromatic rings. The summed E-state index contributed by atoms with van der Waals surface area (Å²) >= 11 is 0. The number of halogens is 1. The summed E-state index contributed by atoms with van der Waals surface area (Å²) in [5, 5.41) is 20.1. The van der Waals surface area contributed by atoms with Crippen LogP contribution in [-0.4, -0.2) is 62.2 Å². The van der Waals surface area contributed by atoms with Gasteiger partial charge in [0, 0.05) is 12.1 Å². The number of ether oxygens (including phenoxy) is 1. The number of pyridine rings is 1. The van der Waals surface area contributed by atoms with Gasteiger partial charge in [-0.05, 0) is 48.2 Å². The van der Waals surface area contributed by atoms with Crippen LogP contribution >= 0.6 is 0 Å². The van der Waals surface area contributed by atoms with Gasteiger partial charge in [-0.25, -0.2) is 19.3 Å². The molecule has 6 heterocycles. The van der Waals surface area contributed by atoms with E-state index >= 15 is 0 Å². The van der Waals surface area contributed by atoms with E-state index in [4.69, 9.17) is 4.74 Å². The molecule has 0 spiro atoms. The minimum atomic E-state index is -0.421. The quantitative estimate of drug-likeness (QED) is 0.428. The summed E-state index contributed by atoms with van der Waals surface area (Å²) < 4.78 is 20.5. The molecule has 0 saturated carbocycles. The molecule has 0 amide bonds. The van der Waals surface area contributed by atoms with Crippen LogP contribution in [-0.2, 0) is 6.61 Å². The predicted molar refractivity (Wildman–Crippen MR) is 111 cm³/mol. The second-order valence-corrected chi connectivity index (χ2v) is 8.17. The zero-order valence-electron chi connectivity index (χ0n) is 17.5. The Morgan fingerprint density at radius 3 is 2.48 bits per heavy atom. The number of anilines is 1. The van der Waals surface area contributed by atoms with Crippen LogP contribution < -0.4 is 9.64 Å². The number of tetrazole rings is 1. The lowest BCUT2D eigenvalue weighted by Crippen LogP contribution is -2.44. The molecule has 4 aromatic heterocycles. The van der Waals surface area contributed by atoms with Crippen molar-refractivity contribution in [1.29, 1.82) is 0 Å². The Morgan fingerprint density at radius 2 is 1.79 bits per heavy atom. The molecule has 33 heavy (non-hydrogen) atoms. The van der Waals surface area contributed by atoms with Crippen molar-refractivity contribution in [3.05, 3.63) is 54.8 Å². The average Bonchev–Trinajstić information content (AvgIpc) is 3.59. The highest BCUT2D eigenvalue weighted by Gasteiger charge is 2.43. The van der Waals surface area contributed by atoms with E-state index in [1.807, 2.05) is 0 Å². The fraction of sp³-hybridized carbons (Fsp3) is 0.400. The first-order valence-electron chi connectivity index (χ1n) is 10.7. The van der Waals surface area contributed by atoms with Gasteiger partial charge in [-0.2, -0.15) is 19.7 Å². The van der Waals surface area contributed by atoms with E-state index in [0.29, 0.717) is 36.2 Å². The summed E-state index contributed by atoms with van der Waals surface area (Å²) in [6.07, 6.45) is 11.2. The average molecular weight is 449 g/mol. The molecule has 0 aliphatic carbocycles. The van der Waals surface area contributed by atoms with Crippen LogP contribution in [0.4, 0.5) is 10.3 Å². The molecule has 3 atom stereocenters. The SMILES string of the molecule is Fc1cnc(N2[C@@H]3CC[C@H]2C[C@@H](n2ncc(COc4ccc(-n5cnnn5)nc4)n2)C3)nc1. The molecular formula is C20H20FN11O.